The highest BCUT2D eigenvalue weighted by Gasteiger charge is 2.30. The number of carboxylic acids is 1. The van der Waals surface area contributed by atoms with Gasteiger partial charge in [0.1, 0.15) is 6.04 Å². The molecule has 0 saturated heterocycles. The third-order valence-corrected chi connectivity index (χ3v) is 5.66. The first-order valence-electron chi connectivity index (χ1n) is 9.79. The molecular weight excluding hydrogens is 352 g/mol. The van der Waals surface area contributed by atoms with Crippen LogP contribution >= 0.6 is 0 Å². The minimum absolute atomic E-state index is 0.0457. The van der Waals surface area contributed by atoms with E-state index >= 15 is 0 Å². The number of aliphatic carboxylic acids is 1. The fraction of sp³-hybridized carbons (Fsp3) is 0.304. The number of nitrogens with one attached hydrogen (secondary N) is 1. The number of amides is 1. The Morgan fingerprint density at radius 1 is 1.14 bits per heavy atom. The molecule has 0 radical (unpaired) electrons. The summed E-state index contributed by atoms with van der Waals surface area (Å²) in [5.41, 5.74) is 3.89. The molecule has 2 atom stereocenters. The normalized spacial score (nSPS) is 17.1. The quantitative estimate of drug-likeness (QED) is 0.708. The van der Waals surface area contributed by atoms with Gasteiger partial charge in [-0.3, -0.25) is 4.79 Å². The summed E-state index contributed by atoms with van der Waals surface area (Å²) in [5, 5.41) is 14.0. The number of hydrogen-bond acceptors (Lipinski definition) is 2. The van der Waals surface area contributed by atoms with Crippen molar-refractivity contribution in [2.75, 3.05) is 0 Å². The number of para-hydroxylation sites is 1. The third kappa shape index (κ3) is 3.17. The summed E-state index contributed by atoms with van der Waals surface area (Å²) in [5.74, 6) is -0.861. The van der Waals surface area contributed by atoms with Gasteiger partial charge < -0.3 is 15.0 Å². The highest BCUT2D eigenvalue weighted by Crippen LogP contribution is 2.35. The Morgan fingerprint density at radius 2 is 1.86 bits per heavy atom. The van der Waals surface area contributed by atoms with Crippen molar-refractivity contribution in [3.63, 3.8) is 0 Å². The summed E-state index contributed by atoms with van der Waals surface area (Å²) >= 11 is 0. The zero-order valence-electron chi connectivity index (χ0n) is 15.9. The Labute approximate surface area is 164 Å². The Bertz CT molecular complexity index is 1020. The molecule has 0 aliphatic heterocycles. The third-order valence-electron chi connectivity index (χ3n) is 5.66. The SMILES string of the molecule is CCC(C(=O)O)n1c2c(c3ccccc31)CC(NC(=O)c1ccccc1)CC2. The van der Waals surface area contributed by atoms with Gasteiger partial charge in [-0.2, -0.15) is 0 Å². The number of carbonyl (C=O) groups excluding carboxylic acids is 1. The van der Waals surface area contributed by atoms with Gasteiger partial charge in [-0.25, -0.2) is 4.79 Å². The van der Waals surface area contributed by atoms with E-state index in [0.29, 0.717) is 12.0 Å². The van der Waals surface area contributed by atoms with Crippen molar-refractivity contribution in [1.82, 2.24) is 9.88 Å². The van der Waals surface area contributed by atoms with Crippen LogP contribution in [0.2, 0.25) is 0 Å². The van der Waals surface area contributed by atoms with Crippen LogP contribution in [0.15, 0.2) is 54.6 Å². The van der Waals surface area contributed by atoms with E-state index in [0.717, 1.165) is 35.9 Å². The summed E-state index contributed by atoms with van der Waals surface area (Å²) in [6.45, 7) is 1.91. The van der Waals surface area contributed by atoms with E-state index in [1.807, 2.05) is 60.0 Å². The summed E-state index contributed by atoms with van der Waals surface area (Å²) in [6.07, 6.45) is 2.82. The van der Waals surface area contributed by atoms with Crippen molar-refractivity contribution in [1.29, 1.82) is 0 Å². The van der Waals surface area contributed by atoms with Crippen molar-refractivity contribution in [2.24, 2.45) is 0 Å². The van der Waals surface area contributed by atoms with Gasteiger partial charge in [0.15, 0.2) is 0 Å². The van der Waals surface area contributed by atoms with E-state index in [4.69, 9.17) is 0 Å². The first-order chi connectivity index (χ1) is 13.6. The monoisotopic (exact) mass is 376 g/mol. The molecule has 144 valence electrons. The molecule has 0 spiro atoms. The van der Waals surface area contributed by atoms with Crippen LogP contribution in [0.4, 0.5) is 0 Å². The molecule has 2 unspecified atom stereocenters. The molecule has 1 aromatic heterocycles. The maximum atomic E-state index is 12.5. The van der Waals surface area contributed by atoms with E-state index in [2.05, 4.69) is 11.4 Å². The molecule has 2 N–H and O–H groups in total. The Hall–Kier alpha value is -3.08. The molecule has 3 aromatic rings. The zero-order valence-corrected chi connectivity index (χ0v) is 15.9. The molecule has 4 rings (SSSR count). The standard InChI is InChI=1S/C23H24N2O3/c1-2-19(23(27)28)25-20-11-7-6-10-17(20)18-14-16(12-13-21(18)25)24-22(26)15-8-4-3-5-9-15/h3-11,16,19H,2,12-14H2,1H3,(H,24,26)(H,27,28). The van der Waals surface area contributed by atoms with Gasteiger partial charge in [-0.15, -0.1) is 0 Å². The molecule has 28 heavy (non-hydrogen) atoms. The number of carbonyl (C=O) groups is 2. The first kappa shape index (κ1) is 18.3. The van der Waals surface area contributed by atoms with E-state index in [1.54, 1.807) is 0 Å². The van der Waals surface area contributed by atoms with Crippen LogP contribution in [0.3, 0.4) is 0 Å². The van der Waals surface area contributed by atoms with Crippen LogP contribution < -0.4 is 5.32 Å². The molecular formula is C23H24N2O3. The topological polar surface area (TPSA) is 71.3 Å². The predicted molar refractivity (Wildman–Crippen MR) is 109 cm³/mol. The molecule has 1 aliphatic rings. The minimum Gasteiger partial charge on any atom is -0.480 e. The van der Waals surface area contributed by atoms with Crippen molar-refractivity contribution < 1.29 is 14.7 Å². The van der Waals surface area contributed by atoms with E-state index in [9.17, 15) is 14.7 Å². The van der Waals surface area contributed by atoms with Gasteiger partial charge in [0.05, 0.1) is 0 Å². The lowest BCUT2D eigenvalue weighted by Crippen LogP contribution is -2.39. The molecule has 2 aromatic carbocycles. The van der Waals surface area contributed by atoms with Crippen molar-refractivity contribution in [2.45, 2.75) is 44.7 Å². The van der Waals surface area contributed by atoms with Gasteiger partial charge in [0, 0.05) is 28.2 Å². The lowest BCUT2D eigenvalue weighted by Gasteiger charge is -2.26. The second-order valence-corrected chi connectivity index (χ2v) is 7.35. The van der Waals surface area contributed by atoms with Crippen LogP contribution in [0, 0.1) is 0 Å². The van der Waals surface area contributed by atoms with Gasteiger partial charge >= 0.3 is 5.97 Å². The average molecular weight is 376 g/mol. The summed E-state index contributed by atoms with van der Waals surface area (Å²) in [7, 11) is 0. The summed E-state index contributed by atoms with van der Waals surface area (Å²) in [6, 6.07) is 16.7. The van der Waals surface area contributed by atoms with Crippen LogP contribution in [0.5, 0.6) is 0 Å². The fourth-order valence-electron chi connectivity index (χ4n) is 4.35. The largest absolute Gasteiger partial charge is 0.480 e. The second kappa shape index (κ2) is 7.50. The number of carboxylic acid groups (broad SMARTS) is 1. The Balaban J connectivity index is 1.67. The molecule has 1 aliphatic carbocycles. The number of hydrogen-bond donors (Lipinski definition) is 2. The molecule has 1 amide bonds. The van der Waals surface area contributed by atoms with Gasteiger partial charge in [-0.1, -0.05) is 43.3 Å². The number of rotatable bonds is 5. The van der Waals surface area contributed by atoms with Gasteiger partial charge in [0.25, 0.3) is 5.91 Å². The van der Waals surface area contributed by atoms with E-state index < -0.39 is 12.0 Å². The van der Waals surface area contributed by atoms with Crippen LogP contribution in [-0.2, 0) is 17.6 Å². The first-order valence-corrected chi connectivity index (χ1v) is 9.79. The second-order valence-electron chi connectivity index (χ2n) is 7.35. The Kier molecular flexibility index (Phi) is 4.90. The van der Waals surface area contributed by atoms with Gasteiger partial charge in [0.2, 0.25) is 0 Å². The van der Waals surface area contributed by atoms with Gasteiger partial charge in [-0.05, 0) is 49.4 Å². The van der Waals surface area contributed by atoms with Crippen molar-refractivity contribution >= 4 is 22.8 Å². The molecule has 0 saturated carbocycles. The maximum absolute atomic E-state index is 12.5. The highest BCUT2D eigenvalue weighted by atomic mass is 16.4. The summed E-state index contributed by atoms with van der Waals surface area (Å²) in [4.78, 5) is 24.4. The van der Waals surface area contributed by atoms with Crippen LogP contribution in [0.25, 0.3) is 10.9 Å². The molecule has 0 bridgehead atoms. The average Bonchev–Trinajstić information content (AvgIpc) is 3.03. The lowest BCUT2D eigenvalue weighted by atomic mass is 9.91. The zero-order chi connectivity index (χ0) is 19.7. The summed E-state index contributed by atoms with van der Waals surface area (Å²) < 4.78 is 2.00. The Morgan fingerprint density at radius 3 is 2.57 bits per heavy atom. The van der Waals surface area contributed by atoms with Crippen molar-refractivity contribution in [3.8, 4) is 0 Å². The molecule has 1 heterocycles. The number of benzene rings is 2. The minimum atomic E-state index is -0.800. The highest BCUT2D eigenvalue weighted by molar-refractivity contribution is 5.94. The van der Waals surface area contributed by atoms with Crippen molar-refractivity contribution in [3.05, 3.63) is 71.4 Å². The molecule has 5 heteroatoms. The van der Waals surface area contributed by atoms with Crippen LogP contribution in [0.1, 0.15) is 47.4 Å². The maximum Gasteiger partial charge on any atom is 0.326 e. The number of fused-ring (bicyclic) bond motifs is 3. The van der Waals surface area contributed by atoms with E-state index in [-0.39, 0.29) is 11.9 Å². The van der Waals surface area contributed by atoms with Crippen LogP contribution in [-0.4, -0.2) is 27.6 Å². The van der Waals surface area contributed by atoms with E-state index in [1.165, 1.54) is 5.56 Å². The lowest BCUT2D eigenvalue weighted by molar-refractivity contribution is -0.140. The molecule has 0 fully saturated rings. The number of aromatic nitrogens is 1. The predicted octanol–water partition coefficient (Wildman–Crippen LogP) is 3.96. The number of nitrogens with zero attached hydrogens (tertiary/aromatic N) is 1. The fourth-order valence-corrected chi connectivity index (χ4v) is 4.35. The molecule has 5 nitrogen and oxygen atoms in total. The smallest absolute Gasteiger partial charge is 0.326 e.